The molecule has 0 aromatic heterocycles. The first-order valence-corrected chi connectivity index (χ1v) is 5.61. The van der Waals surface area contributed by atoms with Crippen molar-refractivity contribution in [3.8, 4) is 0 Å². The van der Waals surface area contributed by atoms with E-state index in [0.29, 0.717) is 6.04 Å². The number of piperidine rings is 1. The van der Waals surface area contributed by atoms with Crippen molar-refractivity contribution in [2.75, 3.05) is 11.4 Å². The first-order valence-electron chi connectivity index (χ1n) is 5.61. The molecule has 0 radical (unpaired) electrons. The summed E-state index contributed by atoms with van der Waals surface area (Å²) in [5, 5.41) is 0. The lowest BCUT2D eigenvalue weighted by molar-refractivity contribution is 0.484. The predicted molar refractivity (Wildman–Crippen MR) is 61.8 cm³/mol. The van der Waals surface area contributed by atoms with Crippen molar-refractivity contribution in [3.63, 3.8) is 0 Å². The molecule has 1 aromatic carbocycles. The quantitative estimate of drug-likeness (QED) is 0.654. The highest BCUT2D eigenvalue weighted by molar-refractivity contribution is 5.53. The summed E-state index contributed by atoms with van der Waals surface area (Å²) in [5.74, 6) is 0. The van der Waals surface area contributed by atoms with Crippen LogP contribution in [0.1, 0.15) is 31.7 Å². The van der Waals surface area contributed by atoms with Crippen LogP contribution in [-0.4, -0.2) is 12.6 Å². The molecule has 1 aliphatic heterocycles. The first-order chi connectivity index (χ1) is 6.79. The summed E-state index contributed by atoms with van der Waals surface area (Å²) in [7, 11) is 0. The van der Waals surface area contributed by atoms with Gasteiger partial charge >= 0.3 is 0 Å². The zero-order valence-corrected chi connectivity index (χ0v) is 9.16. The van der Waals surface area contributed by atoms with E-state index in [2.05, 4.69) is 43.0 Å². The van der Waals surface area contributed by atoms with E-state index in [1.54, 1.807) is 0 Å². The van der Waals surface area contributed by atoms with Gasteiger partial charge in [0, 0.05) is 18.3 Å². The Balaban J connectivity index is 2.25. The molecule has 1 atom stereocenters. The lowest BCUT2D eigenvalue weighted by atomic mass is 10.0. The number of nitrogens with zero attached hydrogens (tertiary/aromatic N) is 1. The van der Waals surface area contributed by atoms with E-state index in [1.165, 1.54) is 37.1 Å². The first kappa shape index (κ1) is 9.57. The van der Waals surface area contributed by atoms with E-state index in [4.69, 9.17) is 0 Å². The average molecular weight is 189 g/mol. The van der Waals surface area contributed by atoms with Crippen LogP contribution in [0.25, 0.3) is 0 Å². The molecule has 1 nitrogen and oxygen atoms in total. The van der Waals surface area contributed by atoms with Crippen LogP contribution in [0.3, 0.4) is 0 Å². The van der Waals surface area contributed by atoms with Crippen molar-refractivity contribution in [1.82, 2.24) is 0 Å². The van der Waals surface area contributed by atoms with Gasteiger partial charge in [-0.15, -0.1) is 0 Å². The zero-order chi connectivity index (χ0) is 9.97. The third-order valence-electron chi connectivity index (χ3n) is 3.23. The highest BCUT2D eigenvalue weighted by atomic mass is 15.2. The molecule has 1 heterocycles. The Kier molecular flexibility index (Phi) is 2.76. The minimum absolute atomic E-state index is 0.713. The van der Waals surface area contributed by atoms with Crippen LogP contribution < -0.4 is 4.90 Å². The van der Waals surface area contributed by atoms with Crippen LogP contribution in [0.2, 0.25) is 0 Å². The van der Waals surface area contributed by atoms with Crippen LogP contribution >= 0.6 is 0 Å². The fourth-order valence-electron chi connectivity index (χ4n) is 2.34. The molecule has 1 unspecified atom stereocenters. The maximum absolute atomic E-state index is 2.55. The van der Waals surface area contributed by atoms with E-state index < -0.39 is 0 Å². The summed E-state index contributed by atoms with van der Waals surface area (Å²) in [6.07, 6.45) is 4.08. The van der Waals surface area contributed by atoms with Gasteiger partial charge in [-0.25, -0.2) is 0 Å². The third kappa shape index (κ3) is 1.77. The zero-order valence-electron chi connectivity index (χ0n) is 9.16. The maximum atomic E-state index is 2.55. The van der Waals surface area contributed by atoms with E-state index in [9.17, 15) is 0 Å². The molecule has 1 aromatic rings. The highest BCUT2D eigenvalue weighted by Gasteiger charge is 2.19. The minimum Gasteiger partial charge on any atom is -0.369 e. The van der Waals surface area contributed by atoms with Crippen molar-refractivity contribution < 1.29 is 0 Å². The fourth-order valence-corrected chi connectivity index (χ4v) is 2.34. The van der Waals surface area contributed by atoms with E-state index in [0.717, 1.165) is 0 Å². The van der Waals surface area contributed by atoms with Crippen molar-refractivity contribution >= 4 is 5.69 Å². The lowest BCUT2D eigenvalue weighted by Gasteiger charge is -2.36. The Morgan fingerprint density at radius 3 is 2.71 bits per heavy atom. The van der Waals surface area contributed by atoms with Crippen molar-refractivity contribution in [1.29, 1.82) is 0 Å². The van der Waals surface area contributed by atoms with E-state index >= 15 is 0 Å². The second-order valence-corrected chi connectivity index (χ2v) is 4.32. The van der Waals surface area contributed by atoms with Gasteiger partial charge in [-0.2, -0.15) is 0 Å². The topological polar surface area (TPSA) is 3.24 Å². The minimum atomic E-state index is 0.713. The monoisotopic (exact) mass is 189 g/mol. The molecule has 1 aliphatic rings. The van der Waals surface area contributed by atoms with E-state index in [-0.39, 0.29) is 0 Å². The van der Waals surface area contributed by atoms with Crippen LogP contribution in [0.5, 0.6) is 0 Å². The number of rotatable bonds is 1. The molecule has 2 rings (SSSR count). The molecule has 1 fully saturated rings. The lowest BCUT2D eigenvalue weighted by Crippen LogP contribution is -2.37. The average Bonchev–Trinajstić information content (AvgIpc) is 2.20. The maximum Gasteiger partial charge on any atom is 0.0398 e. The molecule has 0 amide bonds. The Morgan fingerprint density at radius 2 is 2.00 bits per heavy atom. The molecule has 1 saturated heterocycles. The molecule has 0 spiro atoms. The van der Waals surface area contributed by atoms with Gasteiger partial charge in [0.15, 0.2) is 0 Å². The summed E-state index contributed by atoms with van der Waals surface area (Å²) >= 11 is 0. The van der Waals surface area contributed by atoms with Crippen molar-refractivity contribution in [2.24, 2.45) is 0 Å². The van der Waals surface area contributed by atoms with Gasteiger partial charge in [-0.05, 0) is 44.7 Å². The number of anilines is 1. The van der Waals surface area contributed by atoms with Crippen LogP contribution in [0, 0.1) is 6.92 Å². The standard InChI is InChI=1S/C13H19N/c1-11-7-3-4-9-13(11)14-10-6-5-8-12(14)2/h3-4,7,9,12H,5-6,8,10H2,1-2H3. The molecule has 76 valence electrons. The molecule has 0 N–H and O–H groups in total. The third-order valence-corrected chi connectivity index (χ3v) is 3.23. The number of para-hydroxylation sites is 1. The summed E-state index contributed by atoms with van der Waals surface area (Å²) < 4.78 is 0. The summed E-state index contributed by atoms with van der Waals surface area (Å²) in [5.41, 5.74) is 2.83. The molecular weight excluding hydrogens is 170 g/mol. The van der Waals surface area contributed by atoms with Gasteiger partial charge in [0.2, 0.25) is 0 Å². The molecule has 0 bridgehead atoms. The predicted octanol–water partition coefficient (Wildman–Crippen LogP) is 3.37. The Bertz CT molecular complexity index is 306. The van der Waals surface area contributed by atoms with Crippen molar-refractivity contribution in [3.05, 3.63) is 29.8 Å². The van der Waals surface area contributed by atoms with Gasteiger partial charge in [-0.3, -0.25) is 0 Å². The number of benzene rings is 1. The highest BCUT2D eigenvalue weighted by Crippen LogP contribution is 2.26. The Labute approximate surface area is 86.7 Å². The van der Waals surface area contributed by atoms with Gasteiger partial charge in [0.25, 0.3) is 0 Å². The molecule has 0 aliphatic carbocycles. The van der Waals surface area contributed by atoms with E-state index in [1.807, 2.05) is 0 Å². The number of hydrogen-bond acceptors (Lipinski definition) is 1. The smallest absolute Gasteiger partial charge is 0.0398 e. The van der Waals surface area contributed by atoms with Crippen LogP contribution in [-0.2, 0) is 0 Å². The van der Waals surface area contributed by atoms with Crippen LogP contribution in [0.4, 0.5) is 5.69 Å². The molecule has 1 heteroatoms. The van der Waals surface area contributed by atoms with Gasteiger partial charge in [0.1, 0.15) is 0 Å². The van der Waals surface area contributed by atoms with Crippen molar-refractivity contribution in [2.45, 2.75) is 39.2 Å². The second kappa shape index (κ2) is 4.04. The summed E-state index contributed by atoms with van der Waals surface area (Å²) in [6.45, 7) is 5.77. The second-order valence-electron chi connectivity index (χ2n) is 4.32. The van der Waals surface area contributed by atoms with Gasteiger partial charge in [-0.1, -0.05) is 18.2 Å². The number of aryl methyl sites for hydroxylation is 1. The largest absolute Gasteiger partial charge is 0.369 e. The Hall–Kier alpha value is -0.980. The summed E-state index contributed by atoms with van der Waals surface area (Å²) in [4.78, 5) is 2.55. The Morgan fingerprint density at radius 1 is 1.21 bits per heavy atom. The molecule has 0 saturated carbocycles. The molecular formula is C13H19N. The van der Waals surface area contributed by atoms with Gasteiger partial charge < -0.3 is 4.90 Å². The van der Waals surface area contributed by atoms with Gasteiger partial charge in [0.05, 0.1) is 0 Å². The fraction of sp³-hybridized carbons (Fsp3) is 0.538. The van der Waals surface area contributed by atoms with Crippen LogP contribution in [0.15, 0.2) is 24.3 Å². The normalized spacial score (nSPS) is 22.4. The number of hydrogen-bond donors (Lipinski definition) is 0. The summed E-state index contributed by atoms with van der Waals surface area (Å²) in [6, 6.07) is 9.43. The molecule has 14 heavy (non-hydrogen) atoms. The SMILES string of the molecule is Cc1ccccc1N1CCCCC1C.